The summed E-state index contributed by atoms with van der Waals surface area (Å²) in [6.45, 7) is 0.550. The van der Waals surface area contributed by atoms with Gasteiger partial charge in [-0.05, 0) is 6.07 Å². The van der Waals surface area contributed by atoms with Crippen molar-refractivity contribution in [2.75, 3.05) is 18.5 Å². The smallest absolute Gasteiger partial charge is 0.418 e. The number of hydrogen-bond donors (Lipinski definition) is 1. The number of nitrogens with zero attached hydrogens (tertiary/aromatic N) is 2. The summed E-state index contributed by atoms with van der Waals surface area (Å²) in [5.41, 5.74) is -0.634. The maximum atomic E-state index is 13.5. The van der Waals surface area contributed by atoms with Crippen LogP contribution in [-0.2, 0) is 11.0 Å². The largest absolute Gasteiger partial charge is 0.493 e. The second kappa shape index (κ2) is 6.03. The van der Waals surface area contributed by atoms with Crippen molar-refractivity contribution < 1.29 is 22.7 Å². The number of imidazole rings is 1. The van der Waals surface area contributed by atoms with E-state index < -0.39 is 11.7 Å². The second-order valence-corrected chi connectivity index (χ2v) is 5.98. The predicted molar refractivity (Wildman–Crippen MR) is 80.7 cm³/mol. The van der Waals surface area contributed by atoms with Gasteiger partial charge in [-0.15, -0.1) is 0 Å². The van der Waals surface area contributed by atoms with Crippen LogP contribution in [0.1, 0.15) is 18.0 Å². The summed E-state index contributed by atoms with van der Waals surface area (Å²) in [6, 6.07) is 2.09. The lowest BCUT2D eigenvalue weighted by molar-refractivity contribution is -0.136. The van der Waals surface area contributed by atoms with E-state index in [0.29, 0.717) is 11.9 Å². The van der Waals surface area contributed by atoms with Crippen molar-refractivity contribution in [1.82, 2.24) is 14.9 Å². The molecule has 1 N–H and O–H groups in total. The fourth-order valence-electron chi connectivity index (χ4n) is 2.66. The fraction of sp³-hybridized carbons (Fsp3) is 0.429. The van der Waals surface area contributed by atoms with Crippen molar-refractivity contribution in [2.24, 2.45) is 0 Å². The molecule has 1 saturated heterocycles. The van der Waals surface area contributed by atoms with E-state index in [0.717, 1.165) is 6.07 Å². The van der Waals surface area contributed by atoms with Gasteiger partial charge in [-0.2, -0.15) is 13.2 Å². The van der Waals surface area contributed by atoms with Crippen LogP contribution in [0.15, 0.2) is 18.5 Å². The van der Waals surface area contributed by atoms with E-state index in [1.165, 1.54) is 17.0 Å². The van der Waals surface area contributed by atoms with E-state index in [9.17, 15) is 18.0 Å². The van der Waals surface area contributed by atoms with Gasteiger partial charge in [-0.3, -0.25) is 4.79 Å². The molecule has 0 saturated carbocycles. The Morgan fingerprint density at radius 1 is 1.43 bits per heavy atom. The number of alkyl halides is 4. The molecule has 1 aromatic heterocycles. The summed E-state index contributed by atoms with van der Waals surface area (Å²) in [5.74, 6) is -0.0576. The van der Waals surface area contributed by atoms with Gasteiger partial charge in [0.25, 0.3) is 0 Å². The molecule has 1 atom stereocenters. The molecule has 1 unspecified atom stereocenters. The summed E-state index contributed by atoms with van der Waals surface area (Å²) >= 11 is 3.16. The number of hydrogen-bond acceptors (Lipinski definition) is 3. The Balaban J connectivity index is 2.12. The summed E-state index contributed by atoms with van der Waals surface area (Å²) in [6.07, 6.45) is -3.05. The summed E-state index contributed by atoms with van der Waals surface area (Å²) in [5, 5.41) is 3.13. The summed E-state index contributed by atoms with van der Waals surface area (Å²) < 4.78 is 47.1. The van der Waals surface area contributed by atoms with E-state index in [-0.39, 0.29) is 41.8 Å². The van der Waals surface area contributed by atoms with Gasteiger partial charge in [0.2, 0.25) is 5.91 Å². The van der Waals surface area contributed by atoms with Crippen LogP contribution in [0.4, 0.5) is 13.2 Å². The number of benzene rings is 1. The first-order valence-corrected chi connectivity index (χ1v) is 8.05. The molecule has 0 aliphatic carbocycles. The minimum Gasteiger partial charge on any atom is -0.493 e. The number of amides is 1. The monoisotopic (exact) mass is 391 g/mol. The van der Waals surface area contributed by atoms with Gasteiger partial charge in [0.15, 0.2) is 0 Å². The van der Waals surface area contributed by atoms with E-state index in [2.05, 4.69) is 26.2 Å². The Labute approximate surface area is 137 Å². The van der Waals surface area contributed by atoms with Crippen LogP contribution in [0, 0.1) is 0 Å². The van der Waals surface area contributed by atoms with Crippen LogP contribution in [0.25, 0.3) is 11.0 Å². The number of carbonyl (C=O) groups excluding carboxylic acids is 1. The minimum absolute atomic E-state index is 0.0230. The number of halogens is 4. The van der Waals surface area contributed by atoms with Crippen molar-refractivity contribution in [3.05, 3.63) is 24.0 Å². The van der Waals surface area contributed by atoms with Gasteiger partial charge in [0.05, 0.1) is 35.6 Å². The Bertz CT molecular complexity index is 745. The third-order valence-electron chi connectivity index (χ3n) is 3.64. The highest BCUT2D eigenvalue weighted by Gasteiger charge is 2.36. The quantitative estimate of drug-likeness (QED) is 0.815. The molecule has 2 aromatic rings. The highest BCUT2D eigenvalue weighted by atomic mass is 79.9. The summed E-state index contributed by atoms with van der Waals surface area (Å²) in [7, 11) is 0. The Morgan fingerprint density at radius 3 is 2.83 bits per heavy atom. The Kier molecular flexibility index (Phi) is 4.22. The van der Waals surface area contributed by atoms with Crippen LogP contribution < -0.4 is 10.1 Å². The lowest BCUT2D eigenvalue weighted by Gasteiger charge is -2.16. The average Bonchev–Trinajstić information content (AvgIpc) is 3.09. The average molecular weight is 392 g/mol. The maximum absolute atomic E-state index is 13.5. The number of rotatable bonds is 4. The Hall–Kier alpha value is -1.77. The number of nitrogens with one attached hydrogen (secondary N) is 1. The topological polar surface area (TPSA) is 56.2 Å². The molecule has 0 spiro atoms. The molecular weight excluding hydrogens is 379 g/mol. The first kappa shape index (κ1) is 16.1. The number of carbonyl (C=O) groups is 1. The van der Waals surface area contributed by atoms with Crippen LogP contribution in [-0.4, -0.2) is 33.9 Å². The van der Waals surface area contributed by atoms with E-state index >= 15 is 0 Å². The molecule has 3 rings (SSSR count). The van der Waals surface area contributed by atoms with Gasteiger partial charge < -0.3 is 14.6 Å². The first-order valence-electron chi connectivity index (χ1n) is 6.93. The molecule has 5 nitrogen and oxygen atoms in total. The van der Waals surface area contributed by atoms with Gasteiger partial charge >= 0.3 is 6.18 Å². The SMILES string of the molecule is O=C1CC(n2cnc3cc(OCCBr)cc(C(F)(F)F)c32)CN1. The normalized spacial score (nSPS) is 18.4. The molecule has 1 amide bonds. The zero-order chi connectivity index (χ0) is 16.6. The molecule has 0 radical (unpaired) electrons. The molecule has 1 aliphatic rings. The number of aromatic nitrogens is 2. The highest BCUT2D eigenvalue weighted by Crippen LogP contribution is 2.38. The molecule has 1 fully saturated rings. The zero-order valence-corrected chi connectivity index (χ0v) is 13.4. The van der Waals surface area contributed by atoms with Crippen molar-refractivity contribution in [3.63, 3.8) is 0 Å². The lowest BCUT2D eigenvalue weighted by atomic mass is 10.1. The van der Waals surface area contributed by atoms with Gasteiger partial charge in [0.1, 0.15) is 5.75 Å². The van der Waals surface area contributed by atoms with Gasteiger partial charge in [-0.1, -0.05) is 15.9 Å². The molecule has 1 aliphatic heterocycles. The zero-order valence-electron chi connectivity index (χ0n) is 11.9. The maximum Gasteiger partial charge on any atom is 0.418 e. The van der Waals surface area contributed by atoms with Gasteiger partial charge in [0, 0.05) is 24.4 Å². The van der Waals surface area contributed by atoms with Crippen molar-refractivity contribution in [3.8, 4) is 5.75 Å². The van der Waals surface area contributed by atoms with E-state index in [4.69, 9.17) is 4.74 Å². The predicted octanol–water partition coefficient (Wildman–Crippen LogP) is 2.89. The highest BCUT2D eigenvalue weighted by molar-refractivity contribution is 9.09. The van der Waals surface area contributed by atoms with Crippen LogP contribution >= 0.6 is 15.9 Å². The standard InChI is InChI=1S/C14H13BrF3N3O2/c15-1-2-23-9-4-10(14(16,17)18)13-11(5-9)20-7-21(13)8-3-12(22)19-6-8/h4-5,7-8H,1-3,6H2,(H,19,22). The molecule has 9 heteroatoms. The van der Waals surface area contributed by atoms with Crippen LogP contribution in [0.5, 0.6) is 5.75 Å². The van der Waals surface area contributed by atoms with Crippen molar-refractivity contribution in [1.29, 1.82) is 0 Å². The van der Waals surface area contributed by atoms with Crippen LogP contribution in [0.2, 0.25) is 0 Å². The number of ether oxygens (including phenoxy) is 1. The second-order valence-electron chi connectivity index (χ2n) is 5.19. The minimum atomic E-state index is -4.54. The first-order chi connectivity index (χ1) is 10.9. The van der Waals surface area contributed by atoms with Crippen molar-refractivity contribution in [2.45, 2.75) is 18.6 Å². The molecule has 124 valence electrons. The number of fused-ring (bicyclic) bond motifs is 1. The third kappa shape index (κ3) is 3.15. The molecule has 1 aromatic carbocycles. The third-order valence-corrected chi connectivity index (χ3v) is 3.97. The summed E-state index contributed by atoms with van der Waals surface area (Å²) in [4.78, 5) is 15.4. The molecule has 2 heterocycles. The molecule has 23 heavy (non-hydrogen) atoms. The molecule has 0 bridgehead atoms. The lowest BCUT2D eigenvalue weighted by Crippen LogP contribution is -2.16. The molecular formula is C14H13BrF3N3O2. The van der Waals surface area contributed by atoms with Crippen molar-refractivity contribution >= 4 is 32.9 Å². The van der Waals surface area contributed by atoms with E-state index in [1.807, 2.05) is 0 Å². The van der Waals surface area contributed by atoms with Gasteiger partial charge in [-0.25, -0.2) is 4.98 Å². The van der Waals surface area contributed by atoms with E-state index in [1.54, 1.807) is 0 Å². The Morgan fingerprint density at radius 2 is 2.22 bits per heavy atom. The van der Waals surface area contributed by atoms with Crippen LogP contribution in [0.3, 0.4) is 0 Å². The fourth-order valence-corrected chi connectivity index (χ4v) is 2.83.